The van der Waals surface area contributed by atoms with Gasteiger partial charge < -0.3 is 14.3 Å². The van der Waals surface area contributed by atoms with Crippen molar-refractivity contribution in [2.45, 2.75) is 6.92 Å². The molecule has 9 nitrogen and oxygen atoms in total. The third kappa shape index (κ3) is 3.46. The van der Waals surface area contributed by atoms with Crippen LogP contribution < -0.4 is 10.2 Å². The Bertz CT molecular complexity index is 781. The Morgan fingerprint density at radius 3 is 2.83 bits per heavy atom. The molecule has 1 aromatic carbocycles. The SMILES string of the molecule is COc1cc(/C=N/NC(=O)c2ccoc2C)cc([N+](=O)[O-])c1O. The Kier molecular flexibility index (Phi) is 4.60. The Labute approximate surface area is 130 Å². The van der Waals surface area contributed by atoms with Gasteiger partial charge in [-0.2, -0.15) is 5.10 Å². The van der Waals surface area contributed by atoms with Crippen LogP contribution in [0.1, 0.15) is 21.7 Å². The van der Waals surface area contributed by atoms with Gasteiger partial charge in [0.15, 0.2) is 5.75 Å². The molecule has 1 amide bonds. The van der Waals surface area contributed by atoms with Gasteiger partial charge in [0.05, 0.1) is 30.1 Å². The summed E-state index contributed by atoms with van der Waals surface area (Å²) in [6, 6.07) is 3.95. The van der Waals surface area contributed by atoms with Crippen molar-refractivity contribution in [3.8, 4) is 11.5 Å². The number of rotatable bonds is 5. The number of nitro groups is 1. The van der Waals surface area contributed by atoms with Crippen LogP contribution in [0.4, 0.5) is 5.69 Å². The maximum atomic E-state index is 11.8. The molecule has 0 aliphatic heterocycles. The molecule has 0 saturated heterocycles. The van der Waals surface area contributed by atoms with E-state index >= 15 is 0 Å². The summed E-state index contributed by atoms with van der Waals surface area (Å²) in [5.74, 6) is -0.683. The van der Waals surface area contributed by atoms with E-state index in [1.807, 2.05) is 0 Å². The van der Waals surface area contributed by atoms with Gasteiger partial charge in [-0.05, 0) is 19.1 Å². The van der Waals surface area contributed by atoms with E-state index in [1.54, 1.807) is 6.92 Å². The Morgan fingerprint density at radius 2 is 2.26 bits per heavy atom. The maximum absolute atomic E-state index is 11.8. The molecule has 2 rings (SSSR count). The number of amides is 1. The predicted octanol–water partition coefficient (Wildman–Crippen LogP) is 1.97. The van der Waals surface area contributed by atoms with Gasteiger partial charge in [-0.25, -0.2) is 5.43 Å². The van der Waals surface area contributed by atoms with Crippen LogP contribution in [-0.2, 0) is 0 Å². The fourth-order valence-electron chi connectivity index (χ4n) is 1.83. The summed E-state index contributed by atoms with van der Waals surface area (Å²) >= 11 is 0. The number of methoxy groups -OCH3 is 1. The number of aryl methyl sites for hydroxylation is 1. The monoisotopic (exact) mass is 319 g/mol. The zero-order valence-corrected chi connectivity index (χ0v) is 12.3. The van der Waals surface area contributed by atoms with Gasteiger partial charge in [0, 0.05) is 11.6 Å². The van der Waals surface area contributed by atoms with Crippen LogP contribution in [0.2, 0.25) is 0 Å². The Balaban J connectivity index is 2.19. The second-order valence-corrected chi connectivity index (χ2v) is 4.44. The number of furan rings is 1. The number of carbonyl (C=O) groups is 1. The van der Waals surface area contributed by atoms with Gasteiger partial charge in [0.1, 0.15) is 5.76 Å². The molecule has 0 fully saturated rings. The van der Waals surface area contributed by atoms with Crippen LogP contribution in [0.25, 0.3) is 0 Å². The molecule has 1 aromatic heterocycles. The van der Waals surface area contributed by atoms with Crippen molar-refractivity contribution in [1.29, 1.82) is 0 Å². The smallest absolute Gasteiger partial charge is 0.315 e. The van der Waals surface area contributed by atoms with Gasteiger partial charge in [-0.1, -0.05) is 0 Å². The third-order valence-corrected chi connectivity index (χ3v) is 2.98. The number of nitro benzene ring substituents is 1. The average molecular weight is 319 g/mol. The van der Waals surface area contributed by atoms with E-state index in [4.69, 9.17) is 9.15 Å². The number of phenolic OH excluding ortho intramolecular Hbond substituents is 1. The normalized spacial score (nSPS) is 10.7. The fourth-order valence-corrected chi connectivity index (χ4v) is 1.83. The van der Waals surface area contributed by atoms with Crippen LogP contribution in [0.5, 0.6) is 11.5 Å². The minimum atomic E-state index is -0.747. The molecule has 0 atom stereocenters. The van der Waals surface area contributed by atoms with Crippen molar-refractivity contribution < 1.29 is 24.0 Å². The minimum Gasteiger partial charge on any atom is -0.500 e. The third-order valence-electron chi connectivity index (χ3n) is 2.98. The van der Waals surface area contributed by atoms with Crippen LogP contribution in [0.15, 0.2) is 34.0 Å². The van der Waals surface area contributed by atoms with E-state index in [-0.39, 0.29) is 11.3 Å². The first-order chi connectivity index (χ1) is 10.9. The number of ether oxygens (including phenoxy) is 1. The zero-order chi connectivity index (χ0) is 17.0. The molecule has 2 N–H and O–H groups in total. The number of nitrogens with one attached hydrogen (secondary N) is 1. The van der Waals surface area contributed by atoms with Crippen molar-refractivity contribution in [1.82, 2.24) is 5.43 Å². The van der Waals surface area contributed by atoms with Gasteiger partial charge in [0.2, 0.25) is 5.75 Å². The van der Waals surface area contributed by atoms with Gasteiger partial charge in [-0.15, -0.1) is 0 Å². The highest BCUT2D eigenvalue weighted by molar-refractivity contribution is 5.95. The van der Waals surface area contributed by atoms with Crippen molar-refractivity contribution in [2.75, 3.05) is 7.11 Å². The lowest BCUT2D eigenvalue weighted by atomic mass is 10.2. The molecule has 2 aromatic rings. The summed E-state index contributed by atoms with van der Waals surface area (Å²) in [6.07, 6.45) is 2.57. The van der Waals surface area contributed by atoms with E-state index < -0.39 is 22.3 Å². The highest BCUT2D eigenvalue weighted by atomic mass is 16.6. The molecule has 1 heterocycles. The standard InChI is InChI=1S/C14H13N3O6/c1-8-10(3-4-23-8)14(19)16-15-7-9-5-11(17(20)21)13(18)12(6-9)22-2/h3-7,18H,1-2H3,(H,16,19)/b15-7+. The molecule has 0 bridgehead atoms. The van der Waals surface area contributed by atoms with Gasteiger partial charge >= 0.3 is 5.69 Å². The average Bonchev–Trinajstić information content (AvgIpc) is 2.94. The van der Waals surface area contributed by atoms with Crippen molar-refractivity contribution in [3.63, 3.8) is 0 Å². The molecule has 9 heteroatoms. The quantitative estimate of drug-likeness (QED) is 0.493. The summed E-state index contributed by atoms with van der Waals surface area (Å²) in [4.78, 5) is 21.9. The number of aromatic hydroxyl groups is 1. The molecular formula is C14H13N3O6. The molecule has 0 unspecified atom stereocenters. The molecule has 120 valence electrons. The summed E-state index contributed by atoms with van der Waals surface area (Å²) in [5, 5.41) is 24.3. The number of hydrazone groups is 1. The van der Waals surface area contributed by atoms with E-state index in [9.17, 15) is 20.0 Å². The number of nitrogens with zero attached hydrogens (tertiary/aromatic N) is 2. The lowest BCUT2D eigenvalue weighted by Gasteiger charge is -2.05. The second-order valence-electron chi connectivity index (χ2n) is 4.44. The Hall–Kier alpha value is -3.36. The first-order valence-corrected chi connectivity index (χ1v) is 6.37. The summed E-state index contributed by atoms with van der Waals surface area (Å²) in [7, 11) is 1.27. The van der Waals surface area contributed by atoms with Gasteiger partial charge in [-0.3, -0.25) is 14.9 Å². The van der Waals surface area contributed by atoms with E-state index in [1.165, 1.54) is 31.7 Å². The highest BCUT2D eigenvalue weighted by Crippen LogP contribution is 2.36. The van der Waals surface area contributed by atoms with E-state index in [0.29, 0.717) is 11.3 Å². The van der Waals surface area contributed by atoms with Gasteiger partial charge in [0.25, 0.3) is 5.91 Å². The van der Waals surface area contributed by atoms with E-state index in [0.717, 1.165) is 6.07 Å². The molecule has 0 aliphatic rings. The fraction of sp³-hybridized carbons (Fsp3) is 0.143. The summed E-state index contributed by atoms with van der Waals surface area (Å²) < 4.78 is 9.87. The van der Waals surface area contributed by atoms with Crippen LogP contribution >= 0.6 is 0 Å². The number of hydrogen-bond acceptors (Lipinski definition) is 7. The molecule has 23 heavy (non-hydrogen) atoms. The number of hydrogen-bond donors (Lipinski definition) is 2. The summed E-state index contributed by atoms with van der Waals surface area (Å²) in [5.41, 5.74) is 2.35. The number of benzene rings is 1. The molecule has 0 saturated carbocycles. The number of carbonyl (C=O) groups excluding carboxylic acids is 1. The largest absolute Gasteiger partial charge is 0.500 e. The first-order valence-electron chi connectivity index (χ1n) is 6.37. The number of phenols is 1. The lowest BCUT2D eigenvalue weighted by molar-refractivity contribution is -0.386. The van der Waals surface area contributed by atoms with Crippen LogP contribution in [0, 0.1) is 17.0 Å². The second kappa shape index (κ2) is 6.60. The predicted molar refractivity (Wildman–Crippen MR) is 79.8 cm³/mol. The molecule has 0 spiro atoms. The molecule has 0 aliphatic carbocycles. The molecule has 0 radical (unpaired) electrons. The van der Waals surface area contributed by atoms with Crippen LogP contribution in [-0.4, -0.2) is 29.3 Å². The van der Waals surface area contributed by atoms with Crippen molar-refractivity contribution in [3.05, 3.63) is 51.5 Å². The van der Waals surface area contributed by atoms with Crippen LogP contribution in [0.3, 0.4) is 0 Å². The zero-order valence-electron chi connectivity index (χ0n) is 12.3. The summed E-state index contributed by atoms with van der Waals surface area (Å²) in [6.45, 7) is 1.63. The minimum absolute atomic E-state index is 0.0716. The van der Waals surface area contributed by atoms with Crippen molar-refractivity contribution >= 4 is 17.8 Å². The highest BCUT2D eigenvalue weighted by Gasteiger charge is 2.19. The maximum Gasteiger partial charge on any atom is 0.315 e. The first kappa shape index (κ1) is 16.0. The van der Waals surface area contributed by atoms with Crippen molar-refractivity contribution in [2.24, 2.45) is 5.10 Å². The Morgan fingerprint density at radius 1 is 1.52 bits per heavy atom. The molecular weight excluding hydrogens is 306 g/mol. The topological polar surface area (TPSA) is 127 Å². The lowest BCUT2D eigenvalue weighted by Crippen LogP contribution is -2.17. The van der Waals surface area contributed by atoms with E-state index in [2.05, 4.69) is 10.5 Å².